The highest BCUT2D eigenvalue weighted by Crippen LogP contribution is 2.07. The van der Waals surface area contributed by atoms with Crippen molar-refractivity contribution in [1.82, 2.24) is 5.32 Å². The molecule has 0 fully saturated rings. The van der Waals surface area contributed by atoms with Crippen molar-refractivity contribution in [2.75, 3.05) is 13.2 Å². The zero-order valence-electron chi connectivity index (χ0n) is 11.5. The van der Waals surface area contributed by atoms with Crippen LogP contribution in [0.4, 0.5) is 4.79 Å². The molecular weight excluding hydrogens is 238 g/mol. The summed E-state index contributed by atoms with van der Waals surface area (Å²) in [6.45, 7) is 7.83. The molecule has 6 heteroatoms. The Morgan fingerprint density at radius 1 is 1.28 bits per heavy atom. The minimum atomic E-state index is -0.880. The van der Waals surface area contributed by atoms with E-state index in [2.05, 4.69) is 5.32 Å². The quantitative estimate of drug-likeness (QED) is 0.682. The number of aliphatic carboxylic acids is 1. The second kappa shape index (κ2) is 7.92. The molecule has 1 unspecified atom stereocenters. The fourth-order valence-electron chi connectivity index (χ4n) is 1.10. The second-order valence-electron chi connectivity index (χ2n) is 5.09. The highest BCUT2D eigenvalue weighted by atomic mass is 16.6. The first-order chi connectivity index (χ1) is 8.20. The third kappa shape index (κ3) is 11.2. The Kier molecular flexibility index (Phi) is 7.35. The van der Waals surface area contributed by atoms with E-state index in [4.69, 9.17) is 14.6 Å². The summed E-state index contributed by atoms with van der Waals surface area (Å²) in [7, 11) is 0. The van der Waals surface area contributed by atoms with Crippen molar-refractivity contribution in [3.8, 4) is 0 Å². The number of nitrogens with one attached hydrogen (secondary N) is 1. The summed E-state index contributed by atoms with van der Waals surface area (Å²) in [4.78, 5) is 21.6. The highest BCUT2D eigenvalue weighted by molar-refractivity contribution is 5.68. The van der Waals surface area contributed by atoms with Crippen LogP contribution >= 0.6 is 0 Å². The summed E-state index contributed by atoms with van der Waals surface area (Å²) in [5, 5.41) is 11.1. The maximum absolute atomic E-state index is 11.4. The highest BCUT2D eigenvalue weighted by Gasteiger charge is 2.17. The second-order valence-corrected chi connectivity index (χ2v) is 5.09. The van der Waals surface area contributed by atoms with Gasteiger partial charge in [-0.05, 0) is 34.1 Å². The molecule has 0 spiro atoms. The molecular formula is C12H23NO5. The van der Waals surface area contributed by atoms with Crippen LogP contribution in [0, 0.1) is 0 Å². The van der Waals surface area contributed by atoms with E-state index in [9.17, 15) is 9.59 Å². The van der Waals surface area contributed by atoms with E-state index in [-0.39, 0.29) is 19.1 Å². The predicted octanol–water partition coefficient (Wildman–Crippen LogP) is 1.78. The molecule has 0 aliphatic rings. The number of carboxylic acid groups (broad SMARTS) is 1. The molecule has 0 aliphatic carbocycles. The van der Waals surface area contributed by atoms with Gasteiger partial charge in [0.05, 0.1) is 13.0 Å². The lowest BCUT2D eigenvalue weighted by atomic mass is 10.2. The number of amides is 1. The number of carbonyl (C=O) groups is 2. The van der Waals surface area contributed by atoms with Crippen molar-refractivity contribution in [2.24, 2.45) is 0 Å². The monoisotopic (exact) mass is 261 g/mol. The number of rotatable bonds is 7. The fourth-order valence-corrected chi connectivity index (χ4v) is 1.10. The third-order valence-corrected chi connectivity index (χ3v) is 1.92. The molecule has 0 radical (unpaired) electrons. The average molecular weight is 261 g/mol. The van der Waals surface area contributed by atoms with Gasteiger partial charge in [-0.1, -0.05) is 0 Å². The van der Waals surface area contributed by atoms with Gasteiger partial charge in [-0.15, -0.1) is 0 Å². The molecule has 0 aromatic heterocycles. The molecule has 1 amide bonds. The van der Waals surface area contributed by atoms with Gasteiger partial charge in [0.1, 0.15) is 5.60 Å². The Hall–Kier alpha value is -1.30. The minimum Gasteiger partial charge on any atom is -0.481 e. The van der Waals surface area contributed by atoms with Crippen LogP contribution in [0.3, 0.4) is 0 Å². The summed E-state index contributed by atoms with van der Waals surface area (Å²) in [6, 6.07) is -0.0790. The first-order valence-corrected chi connectivity index (χ1v) is 6.00. The fraction of sp³-hybridized carbons (Fsp3) is 0.833. The molecule has 6 nitrogen and oxygen atoms in total. The first kappa shape index (κ1) is 16.7. The normalized spacial score (nSPS) is 12.9. The molecule has 0 heterocycles. The van der Waals surface area contributed by atoms with Crippen LogP contribution < -0.4 is 5.32 Å². The van der Waals surface area contributed by atoms with Crippen molar-refractivity contribution in [2.45, 2.75) is 52.2 Å². The van der Waals surface area contributed by atoms with E-state index < -0.39 is 17.7 Å². The maximum atomic E-state index is 11.4. The van der Waals surface area contributed by atoms with Gasteiger partial charge in [-0.2, -0.15) is 0 Å². The van der Waals surface area contributed by atoms with Gasteiger partial charge in [-0.25, -0.2) is 4.79 Å². The number of hydrogen-bond acceptors (Lipinski definition) is 4. The number of ether oxygens (including phenoxy) is 2. The standard InChI is InChI=1S/C12H23NO5/c1-9(5-7-17-8-6-10(14)15)13-11(16)18-12(2,3)4/h9H,5-8H2,1-4H3,(H,13,16)(H,14,15). The van der Waals surface area contributed by atoms with Crippen LogP contribution in [0.15, 0.2) is 0 Å². The van der Waals surface area contributed by atoms with Crippen LogP contribution in [0.25, 0.3) is 0 Å². The molecule has 0 aliphatic heterocycles. The van der Waals surface area contributed by atoms with E-state index in [1.165, 1.54) is 0 Å². The van der Waals surface area contributed by atoms with Crippen LogP contribution in [0.1, 0.15) is 40.5 Å². The minimum absolute atomic E-state index is 0.00608. The lowest BCUT2D eigenvalue weighted by Gasteiger charge is -2.21. The number of hydrogen-bond donors (Lipinski definition) is 2. The average Bonchev–Trinajstić information content (AvgIpc) is 2.12. The molecule has 0 saturated heterocycles. The van der Waals surface area contributed by atoms with E-state index in [0.29, 0.717) is 13.0 Å². The SMILES string of the molecule is CC(CCOCCC(=O)O)NC(=O)OC(C)(C)C. The Balaban J connectivity index is 3.62. The Labute approximate surface area is 108 Å². The van der Waals surface area contributed by atoms with E-state index >= 15 is 0 Å². The van der Waals surface area contributed by atoms with Crippen molar-refractivity contribution in [1.29, 1.82) is 0 Å². The number of carbonyl (C=O) groups excluding carboxylic acids is 1. The lowest BCUT2D eigenvalue weighted by molar-refractivity contribution is -0.138. The Bertz CT molecular complexity index is 272. The van der Waals surface area contributed by atoms with Gasteiger partial charge in [0, 0.05) is 12.6 Å². The van der Waals surface area contributed by atoms with Crippen LogP contribution in [-0.4, -0.2) is 42.0 Å². The molecule has 2 N–H and O–H groups in total. The van der Waals surface area contributed by atoms with Gasteiger partial charge in [0.25, 0.3) is 0 Å². The summed E-state index contributed by atoms with van der Waals surface area (Å²) in [5.41, 5.74) is -0.512. The number of alkyl carbamates (subject to hydrolysis) is 1. The van der Waals surface area contributed by atoms with Crippen molar-refractivity contribution in [3.05, 3.63) is 0 Å². The van der Waals surface area contributed by atoms with Gasteiger partial charge < -0.3 is 19.9 Å². The van der Waals surface area contributed by atoms with E-state index in [1.807, 2.05) is 6.92 Å². The van der Waals surface area contributed by atoms with Crippen LogP contribution in [-0.2, 0) is 14.3 Å². The molecule has 106 valence electrons. The summed E-state index contributed by atoms with van der Waals surface area (Å²) in [6.07, 6.45) is 0.146. The zero-order valence-corrected chi connectivity index (χ0v) is 11.5. The first-order valence-electron chi connectivity index (χ1n) is 6.00. The summed E-state index contributed by atoms with van der Waals surface area (Å²) >= 11 is 0. The van der Waals surface area contributed by atoms with Gasteiger partial charge in [0.15, 0.2) is 0 Å². The van der Waals surface area contributed by atoms with Gasteiger partial charge in [-0.3, -0.25) is 4.79 Å². The van der Waals surface area contributed by atoms with Gasteiger partial charge >= 0.3 is 12.1 Å². The van der Waals surface area contributed by atoms with Crippen LogP contribution in [0.5, 0.6) is 0 Å². The predicted molar refractivity (Wildman–Crippen MR) is 66.5 cm³/mol. The van der Waals surface area contributed by atoms with Crippen LogP contribution in [0.2, 0.25) is 0 Å². The zero-order chi connectivity index (χ0) is 14.2. The molecule has 0 aromatic rings. The molecule has 18 heavy (non-hydrogen) atoms. The Morgan fingerprint density at radius 3 is 2.39 bits per heavy atom. The van der Waals surface area contributed by atoms with Crippen molar-refractivity contribution in [3.63, 3.8) is 0 Å². The van der Waals surface area contributed by atoms with Crippen molar-refractivity contribution >= 4 is 12.1 Å². The molecule has 0 saturated carbocycles. The number of carboxylic acids is 1. The molecule has 0 aromatic carbocycles. The lowest BCUT2D eigenvalue weighted by Crippen LogP contribution is -2.38. The van der Waals surface area contributed by atoms with E-state index in [1.54, 1.807) is 20.8 Å². The smallest absolute Gasteiger partial charge is 0.407 e. The van der Waals surface area contributed by atoms with Gasteiger partial charge in [0.2, 0.25) is 0 Å². The molecule has 0 bridgehead atoms. The third-order valence-electron chi connectivity index (χ3n) is 1.92. The molecule has 1 atom stereocenters. The maximum Gasteiger partial charge on any atom is 0.407 e. The van der Waals surface area contributed by atoms with E-state index in [0.717, 1.165) is 0 Å². The van der Waals surface area contributed by atoms with Crippen molar-refractivity contribution < 1.29 is 24.2 Å². The summed E-state index contributed by atoms with van der Waals surface area (Å²) in [5.74, 6) is -0.880. The Morgan fingerprint density at radius 2 is 1.89 bits per heavy atom. The molecule has 0 rings (SSSR count). The summed E-state index contributed by atoms with van der Waals surface area (Å²) < 4.78 is 10.2. The topological polar surface area (TPSA) is 84.9 Å². The largest absolute Gasteiger partial charge is 0.481 e.